The van der Waals surface area contributed by atoms with Crippen molar-refractivity contribution < 1.29 is 4.79 Å². The summed E-state index contributed by atoms with van der Waals surface area (Å²) >= 11 is 0. The van der Waals surface area contributed by atoms with Gasteiger partial charge in [0.2, 0.25) is 0 Å². The summed E-state index contributed by atoms with van der Waals surface area (Å²) in [4.78, 5) is 14.2. The van der Waals surface area contributed by atoms with Crippen LogP contribution in [0, 0.1) is 0 Å². The lowest BCUT2D eigenvalue weighted by molar-refractivity contribution is 0.0940. The van der Waals surface area contributed by atoms with Crippen LogP contribution in [0.3, 0.4) is 0 Å². The van der Waals surface area contributed by atoms with Crippen LogP contribution in [0.4, 0.5) is 0 Å². The molecule has 1 amide bonds. The summed E-state index contributed by atoms with van der Waals surface area (Å²) in [6, 6.07) is 8.11. The van der Waals surface area contributed by atoms with E-state index in [1.54, 1.807) is 0 Å². The van der Waals surface area contributed by atoms with Gasteiger partial charge in [-0.05, 0) is 44.8 Å². The maximum absolute atomic E-state index is 12.1. The zero-order valence-electron chi connectivity index (χ0n) is 11.9. The highest BCUT2D eigenvalue weighted by molar-refractivity contribution is 5.94. The second-order valence-electron chi connectivity index (χ2n) is 5.10. The van der Waals surface area contributed by atoms with Crippen LogP contribution in [0.15, 0.2) is 24.3 Å². The predicted octanol–water partition coefficient (Wildman–Crippen LogP) is 1.68. The Bertz CT molecular complexity index is 421. The number of hydrogen-bond donors (Lipinski definition) is 2. The maximum Gasteiger partial charge on any atom is 0.251 e. The molecule has 6 heteroatoms. The average Bonchev–Trinajstić information content (AvgIpc) is 2.81. The van der Waals surface area contributed by atoms with Gasteiger partial charge in [0, 0.05) is 24.7 Å². The van der Waals surface area contributed by atoms with Crippen LogP contribution >= 0.6 is 24.8 Å². The number of benzene rings is 1. The maximum atomic E-state index is 12.1. The van der Waals surface area contributed by atoms with E-state index in [1.165, 1.54) is 0 Å². The minimum absolute atomic E-state index is 0. The molecular weight excluding hydrogens is 297 g/mol. The van der Waals surface area contributed by atoms with Crippen LogP contribution in [0.2, 0.25) is 0 Å². The molecule has 0 radical (unpaired) electrons. The first-order valence-corrected chi connectivity index (χ1v) is 6.40. The fraction of sp³-hybridized carbons (Fsp3) is 0.500. The van der Waals surface area contributed by atoms with Crippen LogP contribution in [-0.2, 0) is 6.54 Å². The highest BCUT2D eigenvalue weighted by atomic mass is 35.5. The molecule has 1 aliphatic heterocycles. The molecule has 1 atom stereocenters. The zero-order chi connectivity index (χ0) is 13.0. The van der Waals surface area contributed by atoms with Crippen LogP contribution < -0.4 is 10.6 Å². The van der Waals surface area contributed by atoms with E-state index in [0.717, 1.165) is 37.2 Å². The van der Waals surface area contributed by atoms with Crippen molar-refractivity contribution in [3.63, 3.8) is 0 Å². The number of amides is 1. The molecule has 0 aromatic heterocycles. The summed E-state index contributed by atoms with van der Waals surface area (Å²) in [6.07, 6.45) is 1.02. The summed E-state index contributed by atoms with van der Waals surface area (Å²) < 4.78 is 0. The van der Waals surface area contributed by atoms with E-state index in [2.05, 4.69) is 15.5 Å². The van der Waals surface area contributed by atoms with E-state index in [1.807, 2.05) is 38.4 Å². The molecule has 0 aliphatic carbocycles. The molecule has 1 aliphatic rings. The largest absolute Gasteiger partial charge is 0.348 e. The van der Waals surface area contributed by atoms with Crippen LogP contribution in [0.5, 0.6) is 0 Å². The van der Waals surface area contributed by atoms with Crippen molar-refractivity contribution in [1.29, 1.82) is 0 Å². The number of carbonyl (C=O) groups excluding carboxylic acids is 1. The van der Waals surface area contributed by atoms with Crippen molar-refractivity contribution in [3.8, 4) is 0 Å². The summed E-state index contributed by atoms with van der Waals surface area (Å²) in [7, 11) is 4.05. The number of nitrogens with one attached hydrogen (secondary N) is 2. The fourth-order valence-electron chi connectivity index (χ4n) is 2.22. The molecule has 2 rings (SSSR count). The number of rotatable bonds is 4. The molecule has 0 saturated carbocycles. The quantitative estimate of drug-likeness (QED) is 0.887. The first-order chi connectivity index (χ1) is 8.65. The first-order valence-electron chi connectivity index (χ1n) is 6.40. The van der Waals surface area contributed by atoms with Gasteiger partial charge in [-0.15, -0.1) is 24.8 Å². The van der Waals surface area contributed by atoms with Crippen molar-refractivity contribution in [2.75, 3.05) is 27.2 Å². The van der Waals surface area contributed by atoms with Gasteiger partial charge in [0.25, 0.3) is 5.91 Å². The average molecular weight is 320 g/mol. The summed E-state index contributed by atoms with van der Waals surface area (Å²) in [5, 5.41) is 6.31. The van der Waals surface area contributed by atoms with Gasteiger partial charge in [-0.3, -0.25) is 4.79 Å². The molecule has 0 spiro atoms. The number of halogens is 2. The first kappa shape index (κ1) is 19.2. The Hall–Kier alpha value is -0.810. The Labute approximate surface area is 133 Å². The second-order valence-corrected chi connectivity index (χ2v) is 5.10. The molecule has 4 nitrogen and oxygen atoms in total. The van der Waals surface area contributed by atoms with Gasteiger partial charge in [0.15, 0.2) is 0 Å². The number of nitrogens with zero attached hydrogens (tertiary/aromatic N) is 1. The lowest BCUT2D eigenvalue weighted by atomic mass is 10.1. The van der Waals surface area contributed by atoms with E-state index in [4.69, 9.17) is 0 Å². The molecule has 1 saturated heterocycles. The summed E-state index contributed by atoms with van der Waals surface area (Å²) in [6.45, 7) is 2.72. The second kappa shape index (κ2) is 9.19. The summed E-state index contributed by atoms with van der Waals surface area (Å²) in [5.74, 6) is 0.0318. The Morgan fingerprint density at radius 3 is 2.75 bits per heavy atom. The lowest BCUT2D eigenvalue weighted by Gasteiger charge is -2.13. The van der Waals surface area contributed by atoms with Gasteiger partial charge in [0.1, 0.15) is 0 Å². The fourth-order valence-corrected chi connectivity index (χ4v) is 2.22. The Balaban J connectivity index is 0.00000180. The molecule has 114 valence electrons. The van der Waals surface area contributed by atoms with E-state index in [9.17, 15) is 4.79 Å². The van der Waals surface area contributed by atoms with Crippen molar-refractivity contribution in [2.24, 2.45) is 0 Å². The van der Waals surface area contributed by atoms with Crippen molar-refractivity contribution in [2.45, 2.75) is 19.0 Å². The highest BCUT2D eigenvalue weighted by Gasteiger charge is 2.17. The Morgan fingerprint density at radius 1 is 1.40 bits per heavy atom. The number of carbonyl (C=O) groups is 1. The van der Waals surface area contributed by atoms with E-state index in [-0.39, 0.29) is 36.8 Å². The van der Waals surface area contributed by atoms with Gasteiger partial charge in [0.05, 0.1) is 0 Å². The lowest BCUT2D eigenvalue weighted by Crippen LogP contribution is -2.36. The van der Waals surface area contributed by atoms with E-state index in [0.29, 0.717) is 0 Å². The molecule has 1 fully saturated rings. The van der Waals surface area contributed by atoms with Gasteiger partial charge in [-0.2, -0.15) is 0 Å². The monoisotopic (exact) mass is 319 g/mol. The third-order valence-electron chi connectivity index (χ3n) is 3.08. The molecule has 1 unspecified atom stereocenters. The van der Waals surface area contributed by atoms with Crippen LogP contribution in [-0.4, -0.2) is 44.0 Å². The highest BCUT2D eigenvalue weighted by Crippen LogP contribution is 2.08. The van der Waals surface area contributed by atoms with E-state index >= 15 is 0 Å². The Morgan fingerprint density at radius 2 is 2.15 bits per heavy atom. The Kier molecular flexibility index (Phi) is 8.81. The third kappa shape index (κ3) is 5.67. The standard InChI is InChI=1S/C14H21N3O.2ClH/c1-17(2)10-11-4-3-5-12(8-11)14(18)16-13-6-7-15-9-13;;/h3-5,8,13,15H,6-7,9-10H2,1-2H3,(H,16,18);2*1H. The zero-order valence-corrected chi connectivity index (χ0v) is 13.5. The van der Waals surface area contributed by atoms with Gasteiger partial charge in [-0.25, -0.2) is 0 Å². The molecule has 0 bridgehead atoms. The molecule has 2 N–H and O–H groups in total. The SMILES string of the molecule is CN(C)Cc1cccc(C(=O)NC2CCNC2)c1.Cl.Cl. The van der Waals surface area contributed by atoms with Gasteiger partial charge >= 0.3 is 0 Å². The van der Waals surface area contributed by atoms with Crippen molar-refractivity contribution >= 4 is 30.7 Å². The van der Waals surface area contributed by atoms with E-state index < -0.39 is 0 Å². The van der Waals surface area contributed by atoms with Crippen LogP contribution in [0.25, 0.3) is 0 Å². The van der Waals surface area contributed by atoms with Crippen molar-refractivity contribution in [1.82, 2.24) is 15.5 Å². The predicted molar refractivity (Wildman–Crippen MR) is 87.1 cm³/mol. The number of hydrogen-bond acceptors (Lipinski definition) is 3. The normalized spacial score (nSPS) is 17.2. The molecule has 1 heterocycles. The molecule has 1 aromatic rings. The third-order valence-corrected chi connectivity index (χ3v) is 3.08. The topological polar surface area (TPSA) is 44.4 Å². The minimum Gasteiger partial charge on any atom is -0.348 e. The molecule has 20 heavy (non-hydrogen) atoms. The van der Waals surface area contributed by atoms with Crippen molar-refractivity contribution in [3.05, 3.63) is 35.4 Å². The molecule has 1 aromatic carbocycles. The molecular formula is C14H23Cl2N3O. The van der Waals surface area contributed by atoms with Gasteiger partial charge < -0.3 is 15.5 Å². The van der Waals surface area contributed by atoms with Gasteiger partial charge in [-0.1, -0.05) is 12.1 Å². The smallest absolute Gasteiger partial charge is 0.251 e. The summed E-state index contributed by atoms with van der Waals surface area (Å²) in [5.41, 5.74) is 1.92. The van der Waals surface area contributed by atoms with Crippen LogP contribution in [0.1, 0.15) is 22.3 Å². The minimum atomic E-state index is 0.